The molecule has 0 bridgehead atoms. The van der Waals surface area contributed by atoms with Crippen LogP contribution < -0.4 is 10.1 Å². The van der Waals surface area contributed by atoms with E-state index in [1.165, 1.54) is 11.0 Å². The molecule has 0 spiro atoms. The first kappa shape index (κ1) is 14.0. The van der Waals surface area contributed by atoms with Crippen LogP contribution in [-0.2, 0) is 4.79 Å². The molecule has 0 radical (unpaired) electrons. The second-order valence-corrected chi connectivity index (χ2v) is 5.35. The van der Waals surface area contributed by atoms with Crippen LogP contribution in [0.2, 0.25) is 0 Å². The number of ether oxygens (including phenoxy) is 1. The van der Waals surface area contributed by atoms with Crippen LogP contribution in [0.4, 0.5) is 5.69 Å². The Morgan fingerprint density at radius 2 is 2.10 bits per heavy atom. The van der Waals surface area contributed by atoms with E-state index >= 15 is 0 Å². The van der Waals surface area contributed by atoms with Crippen molar-refractivity contribution >= 4 is 11.6 Å². The average Bonchev–Trinajstić information content (AvgIpc) is 2.91. The number of hydrogen-bond donors (Lipinski definition) is 1. The highest BCUT2D eigenvalue weighted by molar-refractivity contribution is 5.94. The fourth-order valence-corrected chi connectivity index (χ4v) is 1.54. The number of carbonyl (C=O) groups excluding carboxylic acids is 1. The summed E-state index contributed by atoms with van der Waals surface area (Å²) in [7, 11) is 1.57. The summed E-state index contributed by atoms with van der Waals surface area (Å²) in [6.07, 6.45) is 1.47. The van der Waals surface area contributed by atoms with Crippen molar-refractivity contribution in [2.24, 2.45) is 5.41 Å². The molecule has 7 heteroatoms. The van der Waals surface area contributed by atoms with Gasteiger partial charge in [-0.15, -0.1) is 5.10 Å². The topological polar surface area (TPSA) is 81.9 Å². The van der Waals surface area contributed by atoms with Gasteiger partial charge >= 0.3 is 0 Å². The quantitative estimate of drug-likeness (QED) is 0.921. The van der Waals surface area contributed by atoms with Crippen LogP contribution in [0, 0.1) is 5.41 Å². The van der Waals surface area contributed by atoms with E-state index in [0.717, 1.165) is 0 Å². The molecule has 1 aromatic heterocycles. The number of nitrogens with zero attached hydrogens (tertiary/aromatic N) is 4. The van der Waals surface area contributed by atoms with Crippen molar-refractivity contribution in [3.63, 3.8) is 0 Å². The van der Waals surface area contributed by atoms with Gasteiger partial charge in [-0.2, -0.15) is 4.68 Å². The fraction of sp³-hybridized carbons (Fsp3) is 0.385. The van der Waals surface area contributed by atoms with Gasteiger partial charge in [-0.3, -0.25) is 4.79 Å². The number of methoxy groups -OCH3 is 1. The molecule has 7 nitrogen and oxygen atoms in total. The summed E-state index contributed by atoms with van der Waals surface area (Å²) in [6.45, 7) is 5.57. The van der Waals surface area contributed by atoms with Gasteiger partial charge in [0, 0.05) is 11.1 Å². The number of amides is 1. The number of carbonyl (C=O) groups is 1. The fourth-order valence-electron chi connectivity index (χ4n) is 1.54. The molecule has 2 rings (SSSR count). The molecular weight excluding hydrogens is 258 g/mol. The monoisotopic (exact) mass is 275 g/mol. The third-order valence-electron chi connectivity index (χ3n) is 2.71. The lowest BCUT2D eigenvalue weighted by molar-refractivity contribution is -0.123. The lowest BCUT2D eigenvalue weighted by Crippen LogP contribution is -2.27. The number of rotatable bonds is 3. The molecule has 0 aliphatic rings. The molecule has 0 aliphatic carbocycles. The molecule has 2 aromatic rings. The zero-order valence-electron chi connectivity index (χ0n) is 11.9. The highest BCUT2D eigenvalue weighted by atomic mass is 16.5. The molecule has 1 aromatic carbocycles. The van der Waals surface area contributed by atoms with Gasteiger partial charge in [0.05, 0.1) is 7.11 Å². The highest BCUT2D eigenvalue weighted by Gasteiger charge is 2.21. The lowest BCUT2D eigenvalue weighted by atomic mass is 9.95. The van der Waals surface area contributed by atoms with E-state index in [1.807, 2.05) is 20.8 Å². The standard InChI is InChI=1S/C13H17N5O2/c1-13(2,3)12(19)15-9-5-6-11(20-4)10(7-9)18-8-14-16-17-18/h5-8H,1-4H3,(H,15,19). The predicted molar refractivity (Wildman–Crippen MR) is 73.8 cm³/mol. The molecular formula is C13H17N5O2. The third kappa shape index (κ3) is 2.93. The van der Waals surface area contributed by atoms with Crippen LogP contribution in [0.25, 0.3) is 5.69 Å². The van der Waals surface area contributed by atoms with Gasteiger partial charge in [0.1, 0.15) is 17.8 Å². The van der Waals surface area contributed by atoms with Crippen molar-refractivity contribution in [3.05, 3.63) is 24.5 Å². The van der Waals surface area contributed by atoms with Gasteiger partial charge in [0.2, 0.25) is 5.91 Å². The molecule has 1 amide bonds. The van der Waals surface area contributed by atoms with Gasteiger partial charge in [0.25, 0.3) is 0 Å². The molecule has 0 unspecified atom stereocenters. The van der Waals surface area contributed by atoms with E-state index in [2.05, 4.69) is 20.8 Å². The van der Waals surface area contributed by atoms with Crippen molar-refractivity contribution < 1.29 is 9.53 Å². The van der Waals surface area contributed by atoms with Crippen LogP contribution in [0.1, 0.15) is 20.8 Å². The van der Waals surface area contributed by atoms with Crippen molar-refractivity contribution in [1.29, 1.82) is 0 Å². The van der Waals surface area contributed by atoms with E-state index in [9.17, 15) is 4.79 Å². The van der Waals surface area contributed by atoms with Gasteiger partial charge in [-0.1, -0.05) is 20.8 Å². The summed E-state index contributed by atoms with van der Waals surface area (Å²) in [5, 5.41) is 13.9. The zero-order chi connectivity index (χ0) is 14.8. The number of benzene rings is 1. The van der Waals surface area contributed by atoms with Crippen molar-refractivity contribution in [2.45, 2.75) is 20.8 Å². The Morgan fingerprint density at radius 1 is 1.35 bits per heavy atom. The minimum atomic E-state index is -0.463. The van der Waals surface area contributed by atoms with E-state index < -0.39 is 5.41 Å². The van der Waals surface area contributed by atoms with E-state index in [1.54, 1.807) is 25.3 Å². The Balaban J connectivity index is 2.34. The lowest BCUT2D eigenvalue weighted by Gasteiger charge is -2.18. The maximum absolute atomic E-state index is 12.0. The maximum atomic E-state index is 12.0. The minimum Gasteiger partial charge on any atom is -0.494 e. The highest BCUT2D eigenvalue weighted by Crippen LogP contribution is 2.26. The molecule has 1 heterocycles. The van der Waals surface area contributed by atoms with Crippen LogP contribution in [-0.4, -0.2) is 33.2 Å². The number of hydrogen-bond acceptors (Lipinski definition) is 5. The van der Waals surface area contributed by atoms with Crippen LogP contribution >= 0.6 is 0 Å². The second kappa shape index (κ2) is 5.28. The molecule has 0 aliphatic heterocycles. The Kier molecular flexibility index (Phi) is 3.69. The molecule has 0 atom stereocenters. The summed E-state index contributed by atoms with van der Waals surface area (Å²) in [5.41, 5.74) is 0.856. The summed E-state index contributed by atoms with van der Waals surface area (Å²) in [5.74, 6) is 0.552. The summed E-state index contributed by atoms with van der Waals surface area (Å²) < 4.78 is 6.75. The Morgan fingerprint density at radius 3 is 2.65 bits per heavy atom. The predicted octanol–water partition coefficient (Wildman–Crippen LogP) is 1.66. The molecule has 0 saturated carbocycles. The zero-order valence-corrected chi connectivity index (χ0v) is 11.9. The molecule has 0 saturated heterocycles. The first-order valence-electron chi connectivity index (χ1n) is 6.14. The first-order chi connectivity index (χ1) is 9.41. The number of nitrogens with one attached hydrogen (secondary N) is 1. The average molecular weight is 275 g/mol. The number of anilines is 1. The van der Waals surface area contributed by atoms with Crippen LogP contribution in [0.3, 0.4) is 0 Å². The first-order valence-corrected chi connectivity index (χ1v) is 6.14. The maximum Gasteiger partial charge on any atom is 0.229 e. The summed E-state index contributed by atoms with van der Waals surface area (Å²) in [6, 6.07) is 5.30. The molecule has 106 valence electrons. The molecule has 0 fully saturated rings. The normalized spacial score (nSPS) is 11.2. The number of aromatic nitrogens is 4. The smallest absolute Gasteiger partial charge is 0.229 e. The Hall–Kier alpha value is -2.44. The van der Waals surface area contributed by atoms with Gasteiger partial charge in [-0.05, 0) is 28.6 Å². The van der Waals surface area contributed by atoms with Crippen molar-refractivity contribution in [2.75, 3.05) is 12.4 Å². The molecule has 1 N–H and O–H groups in total. The largest absolute Gasteiger partial charge is 0.494 e. The summed E-state index contributed by atoms with van der Waals surface area (Å²) >= 11 is 0. The van der Waals surface area contributed by atoms with E-state index in [4.69, 9.17) is 4.74 Å². The Labute approximate surface area is 116 Å². The molecule has 20 heavy (non-hydrogen) atoms. The van der Waals surface area contributed by atoms with Gasteiger partial charge in [0.15, 0.2) is 0 Å². The summed E-state index contributed by atoms with van der Waals surface area (Å²) in [4.78, 5) is 12.0. The van der Waals surface area contributed by atoms with Gasteiger partial charge in [-0.25, -0.2) is 0 Å². The van der Waals surface area contributed by atoms with Crippen molar-refractivity contribution in [1.82, 2.24) is 20.2 Å². The minimum absolute atomic E-state index is 0.0645. The number of tetrazole rings is 1. The third-order valence-corrected chi connectivity index (χ3v) is 2.71. The SMILES string of the molecule is COc1ccc(NC(=O)C(C)(C)C)cc1-n1cnnn1. The van der Waals surface area contributed by atoms with Crippen LogP contribution in [0.15, 0.2) is 24.5 Å². The van der Waals surface area contributed by atoms with E-state index in [-0.39, 0.29) is 5.91 Å². The van der Waals surface area contributed by atoms with Crippen LogP contribution in [0.5, 0.6) is 5.75 Å². The van der Waals surface area contributed by atoms with Crippen molar-refractivity contribution in [3.8, 4) is 11.4 Å². The second-order valence-electron chi connectivity index (χ2n) is 5.35. The Bertz CT molecular complexity index is 602. The van der Waals surface area contributed by atoms with Gasteiger partial charge < -0.3 is 10.1 Å². The van der Waals surface area contributed by atoms with E-state index in [0.29, 0.717) is 17.1 Å².